The summed E-state index contributed by atoms with van der Waals surface area (Å²) in [4.78, 5) is 26.9. The van der Waals surface area contributed by atoms with Gasteiger partial charge in [-0.1, -0.05) is 43.2 Å². The van der Waals surface area contributed by atoms with Gasteiger partial charge in [0.25, 0.3) is 5.91 Å². The van der Waals surface area contributed by atoms with Gasteiger partial charge in [0.2, 0.25) is 5.91 Å². The zero-order valence-electron chi connectivity index (χ0n) is 14.3. The molecule has 0 saturated carbocycles. The first-order valence-corrected chi connectivity index (χ1v) is 8.88. The van der Waals surface area contributed by atoms with Crippen LogP contribution in [0.4, 0.5) is 0 Å². The van der Waals surface area contributed by atoms with E-state index in [0.717, 1.165) is 36.5 Å². The highest BCUT2D eigenvalue weighted by Crippen LogP contribution is 2.16. The zero-order valence-corrected chi connectivity index (χ0v) is 14.3. The number of amides is 2. The molecule has 1 fully saturated rings. The maximum Gasteiger partial charge on any atom is 0.252 e. The molecule has 5 nitrogen and oxygen atoms in total. The van der Waals surface area contributed by atoms with Crippen LogP contribution in [0, 0.1) is 0 Å². The monoisotopic (exact) mass is 340 g/mol. The minimum absolute atomic E-state index is 0.196. The van der Waals surface area contributed by atoms with E-state index in [-0.39, 0.29) is 11.8 Å². The summed E-state index contributed by atoms with van der Waals surface area (Å²) in [5, 5.41) is 14.3. The average molecular weight is 340 g/mol. The maximum atomic E-state index is 12.6. The molecular formula is C20H24N2O3. The fourth-order valence-electron chi connectivity index (χ4n) is 3.27. The van der Waals surface area contributed by atoms with Gasteiger partial charge in [0, 0.05) is 18.7 Å². The molecule has 1 aliphatic rings. The van der Waals surface area contributed by atoms with E-state index in [1.807, 2.05) is 30.3 Å². The molecule has 2 N–H and O–H groups in total. The first kappa shape index (κ1) is 17.4. The van der Waals surface area contributed by atoms with Crippen molar-refractivity contribution in [1.29, 1.82) is 0 Å². The Hall–Kier alpha value is -2.40. The lowest BCUT2D eigenvalue weighted by atomic mass is 10.1. The van der Waals surface area contributed by atoms with E-state index >= 15 is 0 Å². The Morgan fingerprint density at radius 3 is 2.36 bits per heavy atom. The number of benzene rings is 2. The molecule has 132 valence electrons. The third-order valence-electron chi connectivity index (χ3n) is 4.72. The van der Waals surface area contributed by atoms with Crippen LogP contribution in [0.2, 0.25) is 0 Å². The van der Waals surface area contributed by atoms with Gasteiger partial charge in [0.15, 0.2) is 0 Å². The van der Waals surface area contributed by atoms with Crippen molar-refractivity contribution in [2.24, 2.45) is 0 Å². The molecule has 1 aliphatic heterocycles. The van der Waals surface area contributed by atoms with E-state index in [0.29, 0.717) is 18.7 Å². The Labute approximate surface area is 147 Å². The number of hydrogen-bond donors (Lipinski definition) is 2. The standard InChI is InChI=1S/C20H24N2O3/c23-14-18(20(25)22-11-5-1-2-6-12-22)21-19(24)17-10-9-15-7-3-4-8-16(15)13-17/h3-4,7-10,13,18,23H,1-2,5-6,11-12,14H2,(H,21,24)/t18-/m0/s1. The Balaban J connectivity index is 1.71. The second kappa shape index (κ2) is 8.12. The highest BCUT2D eigenvalue weighted by molar-refractivity contribution is 6.00. The molecule has 0 spiro atoms. The van der Waals surface area contributed by atoms with Crippen LogP contribution in [0.3, 0.4) is 0 Å². The largest absolute Gasteiger partial charge is 0.394 e. The van der Waals surface area contributed by atoms with Gasteiger partial charge in [-0.3, -0.25) is 9.59 Å². The summed E-state index contributed by atoms with van der Waals surface area (Å²) in [6.45, 7) is 0.997. The quantitative estimate of drug-likeness (QED) is 0.897. The summed E-state index contributed by atoms with van der Waals surface area (Å²) in [6.07, 6.45) is 4.19. The summed E-state index contributed by atoms with van der Waals surface area (Å²) in [5.41, 5.74) is 0.487. The SMILES string of the molecule is O=C(N[C@@H](CO)C(=O)N1CCCCCC1)c1ccc2ccccc2c1. The number of nitrogens with one attached hydrogen (secondary N) is 1. The van der Waals surface area contributed by atoms with Crippen molar-refractivity contribution in [2.75, 3.05) is 19.7 Å². The first-order chi connectivity index (χ1) is 12.2. The lowest BCUT2D eigenvalue weighted by molar-refractivity contribution is -0.134. The molecule has 2 aromatic rings. The van der Waals surface area contributed by atoms with Crippen molar-refractivity contribution in [2.45, 2.75) is 31.7 Å². The van der Waals surface area contributed by atoms with Crippen LogP contribution in [0.1, 0.15) is 36.0 Å². The molecule has 0 radical (unpaired) electrons. The third-order valence-corrected chi connectivity index (χ3v) is 4.72. The molecule has 3 rings (SSSR count). The topological polar surface area (TPSA) is 69.6 Å². The van der Waals surface area contributed by atoms with Crippen LogP contribution >= 0.6 is 0 Å². The van der Waals surface area contributed by atoms with Gasteiger partial charge in [-0.25, -0.2) is 0 Å². The predicted octanol–water partition coefficient (Wildman–Crippen LogP) is 2.33. The second-order valence-corrected chi connectivity index (χ2v) is 6.51. The summed E-state index contributed by atoms with van der Waals surface area (Å²) in [7, 11) is 0. The van der Waals surface area contributed by atoms with Crippen molar-refractivity contribution in [3.63, 3.8) is 0 Å². The van der Waals surface area contributed by atoms with Crippen molar-refractivity contribution in [3.05, 3.63) is 48.0 Å². The molecule has 1 saturated heterocycles. The van der Waals surface area contributed by atoms with Gasteiger partial charge in [0.1, 0.15) is 6.04 Å². The number of aliphatic hydroxyl groups is 1. The smallest absolute Gasteiger partial charge is 0.252 e. The molecule has 0 bridgehead atoms. The van der Waals surface area contributed by atoms with Crippen LogP contribution in [0.5, 0.6) is 0 Å². The van der Waals surface area contributed by atoms with Crippen molar-refractivity contribution >= 4 is 22.6 Å². The van der Waals surface area contributed by atoms with Crippen LogP contribution < -0.4 is 5.32 Å². The molecule has 5 heteroatoms. The van der Waals surface area contributed by atoms with E-state index in [9.17, 15) is 14.7 Å². The van der Waals surface area contributed by atoms with Gasteiger partial charge < -0.3 is 15.3 Å². The molecule has 0 aliphatic carbocycles. The second-order valence-electron chi connectivity index (χ2n) is 6.51. The highest BCUT2D eigenvalue weighted by atomic mass is 16.3. The average Bonchev–Trinajstić information content (AvgIpc) is 2.94. The molecule has 2 aromatic carbocycles. The minimum atomic E-state index is -0.892. The van der Waals surface area contributed by atoms with E-state index in [1.54, 1.807) is 17.0 Å². The Morgan fingerprint density at radius 2 is 1.68 bits per heavy atom. The number of aliphatic hydroxyl groups excluding tert-OH is 1. The molecule has 2 amide bonds. The Morgan fingerprint density at radius 1 is 1.00 bits per heavy atom. The number of fused-ring (bicyclic) bond motifs is 1. The number of carbonyl (C=O) groups is 2. The lowest BCUT2D eigenvalue weighted by Gasteiger charge is -2.25. The normalized spacial score (nSPS) is 16.3. The van der Waals surface area contributed by atoms with E-state index in [1.165, 1.54) is 0 Å². The van der Waals surface area contributed by atoms with Crippen molar-refractivity contribution < 1.29 is 14.7 Å². The fraction of sp³-hybridized carbons (Fsp3) is 0.400. The van der Waals surface area contributed by atoms with E-state index in [2.05, 4.69) is 5.32 Å². The molecule has 0 aromatic heterocycles. The van der Waals surface area contributed by atoms with Crippen LogP contribution in [0.25, 0.3) is 10.8 Å². The van der Waals surface area contributed by atoms with Crippen LogP contribution in [-0.4, -0.2) is 47.6 Å². The Bertz CT molecular complexity index is 751. The molecule has 1 heterocycles. The highest BCUT2D eigenvalue weighted by Gasteiger charge is 2.26. The number of nitrogens with zero attached hydrogens (tertiary/aromatic N) is 1. The number of hydrogen-bond acceptors (Lipinski definition) is 3. The van der Waals surface area contributed by atoms with Crippen molar-refractivity contribution in [3.8, 4) is 0 Å². The van der Waals surface area contributed by atoms with Gasteiger partial charge >= 0.3 is 0 Å². The summed E-state index contributed by atoms with van der Waals surface area (Å²) in [5.74, 6) is -0.536. The van der Waals surface area contributed by atoms with E-state index < -0.39 is 12.6 Å². The summed E-state index contributed by atoms with van der Waals surface area (Å²) >= 11 is 0. The number of likely N-dealkylation sites (tertiary alicyclic amines) is 1. The molecule has 0 unspecified atom stereocenters. The third kappa shape index (κ3) is 4.17. The van der Waals surface area contributed by atoms with E-state index in [4.69, 9.17) is 0 Å². The maximum absolute atomic E-state index is 12.6. The summed E-state index contributed by atoms with van der Waals surface area (Å²) in [6, 6.07) is 12.3. The molecule has 1 atom stereocenters. The Kier molecular flexibility index (Phi) is 5.66. The van der Waals surface area contributed by atoms with Gasteiger partial charge in [-0.05, 0) is 35.7 Å². The van der Waals surface area contributed by atoms with Crippen LogP contribution in [-0.2, 0) is 4.79 Å². The van der Waals surface area contributed by atoms with Gasteiger partial charge in [-0.15, -0.1) is 0 Å². The fourth-order valence-corrected chi connectivity index (χ4v) is 3.27. The van der Waals surface area contributed by atoms with Crippen LogP contribution in [0.15, 0.2) is 42.5 Å². The molecule has 25 heavy (non-hydrogen) atoms. The predicted molar refractivity (Wildman–Crippen MR) is 97.3 cm³/mol. The molecular weight excluding hydrogens is 316 g/mol. The number of carbonyl (C=O) groups excluding carboxylic acids is 2. The summed E-state index contributed by atoms with van der Waals surface area (Å²) < 4.78 is 0. The first-order valence-electron chi connectivity index (χ1n) is 8.88. The minimum Gasteiger partial charge on any atom is -0.394 e. The zero-order chi connectivity index (χ0) is 17.6. The number of rotatable bonds is 4. The van der Waals surface area contributed by atoms with Crippen molar-refractivity contribution in [1.82, 2.24) is 10.2 Å². The van der Waals surface area contributed by atoms with Gasteiger partial charge in [0.05, 0.1) is 6.61 Å². The lowest BCUT2D eigenvalue weighted by Crippen LogP contribution is -2.50. The van der Waals surface area contributed by atoms with Gasteiger partial charge in [-0.2, -0.15) is 0 Å².